The van der Waals surface area contributed by atoms with Gasteiger partial charge in [-0.1, -0.05) is 72.8 Å². The lowest BCUT2D eigenvalue weighted by Gasteiger charge is -2.37. The number of aromatic nitrogens is 3. The minimum atomic E-state index is -0.352. The number of carbonyl (C=O) groups excluding carboxylic acids is 2. The Morgan fingerprint density at radius 3 is 2.16 bits per heavy atom. The number of ether oxygens (including phenoxy) is 1. The van der Waals surface area contributed by atoms with Gasteiger partial charge in [-0.25, -0.2) is 18.8 Å². The number of hydrogen-bond acceptors (Lipinski definition) is 6. The minimum absolute atomic E-state index is 0.0140. The zero-order valence-corrected chi connectivity index (χ0v) is 28.3. The number of amides is 1. The molecule has 0 bridgehead atoms. The average Bonchev–Trinajstić information content (AvgIpc) is 3.53. The molecule has 1 aliphatic rings. The molecule has 4 aromatic carbocycles. The van der Waals surface area contributed by atoms with Gasteiger partial charge in [0.15, 0.2) is 0 Å². The molecule has 6 rings (SSSR count). The van der Waals surface area contributed by atoms with Crippen molar-refractivity contribution in [2.24, 2.45) is 5.92 Å². The van der Waals surface area contributed by atoms with Gasteiger partial charge in [-0.2, -0.15) is 5.10 Å². The van der Waals surface area contributed by atoms with E-state index in [1.165, 1.54) is 4.68 Å². The third kappa shape index (κ3) is 7.51. The monoisotopic (exact) mass is 657 g/mol. The molecule has 0 saturated carbocycles. The Morgan fingerprint density at radius 2 is 1.51 bits per heavy atom. The molecule has 2 unspecified atom stereocenters. The lowest BCUT2D eigenvalue weighted by molar-refractivity contribution is -0.124. The zero-order valence-electron chi connectivity index (χ0n) is 28.3. The second-order valence-corrected chi connectivity index (χ2v) is 12.6. The number of rotatable bonds is 11. The number of carbonyl (C=O) groups is 2. The number of nitrogens with one attached hydrogen (secondary N) is 1. The molecule has 5 aromatic rings. The highest BCUT2D eigenvalue weighted by Gasteiger charge is 2.33. The lowest BCUT2D eigenvalue weighted by Crippen LogP contribution is -2.40. The minimum Gasteiger partial charge on any atom is -0.462 e. The van der Waals surface area contributed by atoms with E-state index in [9.17, 15) is 14.4 Å². The number of aryl methyl sites for hydroxylation is 1. The highest BCUT2D eigenvalue weighted by atomic mass is 16.5. The summed E-state index contributed by atoms with van der Waals surface area (Å²) in [4.78, 5) is 41.8. The van der Waals surface area contributed by atoms with Crippen LogP contribution in [-0.2, 0) is 16.1 Å². The van der Waals surface area contributed by atoms with Crippen LogP contribution in [0.4, 0.5) is 5.69 Å². The number of benzene rings is 4. The van der Waals surface area contributed by atoms with Crippen LogP contribution in [0.5, 0.6) is 0 Å². The summed E-state index contributed by atoms with van der Waals surface area (Å²) in [5, 5.41) is 7.56. The molecular weight excluding hydrogens is 614 g/mol. The maximum absolute atomic E-state index is 13.8. The molecule has 2 atom stereocenters. The van der Waals surface area contributed by atoms with Crippen LogP contribution in [0.15, 0.2) is 114 Å². The van der Waals surface area contributed by atoms with Gasteiger partial charge in [0.2, 0.25) is 5.91 Å². The van der Waals surface area contributed by atoms with E-state index in [4.69, 9.17) is 4.74 Å². The number of piperidine rings is 1. The number of hydrogen-bond donors (Lipinski definition) is 1. The molecule has 9 nitrogen and oxygen atoms in total. The predicted octanol–water partition coefficient (Wildman–Crippen LogP) is 6.45. The van der Waals surface area contributed by atoms with Gasteiger partial charge in [0, 0.05) is 25.3 Å². The van der Waals surface area contributed by atoms with Crippen molar-refractivity contribution in [2.45, 2.75) is 52.1 Å². The first-order valence-corrected chi connectivity index (χ1v) is 17.0. The largest absolute Gasteiger partial charge is 0.462 e. The molecule has 2 heterocycles. The van der Waals surface area contributed by atoms with Crippen molar-refractivity contribution in [2.75, 3.05) is 24.6 Å². The lowest BCUT2D eigenvalue weighted by atomic mass is 9.79. The molecule has 9 heteroatoms. The van der Waals surface area contributed by atoms with Gasteiger partial charge in [0.1, 0.15) is 6.33 Å². The van der Waals surface area contributed by atoms with Gasteiger partial charge in [0.05, 0.1) is 29.8 Å². The third-order valence-corrected chi connectivity index (χ3v) is 9.55. The van der Waals surface area contributed by atoms with Crippen molar-refractivity contribution < 1.29 is 14.3 Å². The summed E-state index contributed by atoms with van der Waals surface area (Å²) >= 11 is 0. The van der Waals surface area contributed by atoms with E-state index in [2.05, 4.69) is 15.3 Å². The summed E-state index contributed by atoms with van der Waals surface area (Å²) in [7, 11) is 0. The Bertz CT molecular complexity index is 1930. The molecule has 1 amide bonds. The molecule has 0 aliphatic carbocycles. The van der Waals surface area contributed by atoms with Crippen molar-refractivity contribution in [1.29, 1.82) is 0 Å². The first-order valence-electron chi connectivity index (χ1n) is 17.0. The molecule has 1 saturated heterocycles. The maximum Gasteiger partial charge on any atom is 0.350 e. The van der Waals surface area contributed by atoms with E-state index in [0.717, 1.165) is 59.6 Å². The summed E-state index contributed by atoms with van der Waals surface area (Å²) in [5.41, 5.74) is 5.91. The summed E-state index contributed by atoms with van der Waals surface area (Å²) in [6.45, 7) is 7.90. The van der Waals surface area contributed by atoms with Crippen LogP contribution in [0.1, 0.15) is 71.3 Å². The predicted molar refractivity (Wildman–Crippen MR) is 191 cm³/mol. The smallest absolute Gasteiger partial charge is 0.350 e. The fourth-order valence-electron chi connectivity index (χ4n) is 6.75. The molecule has 1 N–H and O–H groups in total. The van der Waals surface area contributed by atoms with E-state index in [0.29, 0.717) is 18.7 Å². The second-order valence-electron chi connectivity index (χ2n) is 12.6. The van der Waals surface area contributed by atoms with Crippen molar-refractivity contribution in [3.8, 4) is 5.69 Å². The van der Waals surface area contributed by atoms with E-state index in [1.54, 1.807) is 17.8 Å². The summed E-state index contributed by atoms with van der Waals surface area (Å²) < 4.78 is 8.30. The standard InChI is InChI=1S/C40H43N5O4/c1-4-49-39(47)36-25-30(16-15-28(36)2)26-41-38(46)37(32-13-9-6-10-14-32)33-21-23-43(24-22-33)34-17-19-35(20-18-34)44-27-42-45(40(44)48)29(3)31-11-7-5-8-12-31/h5-20,25,27,29,33,37H,4,21-24,26H2,1-3H3,(H,41,46). The molecule has 49 heavy (non-hydrogen) atoms. The molecule has 1 aromatic heterocycles. The van der Waals surface area contributed by atoms with Gasteiger partial charge >= 0.3 is 11.7 Å². The SMILES string of the molecule is CCOC(=O)c1cc(CNC(=O)C(c2ccccc2)C2CCN(c3ccc(-n4cnn(C(C)c5ccccc5)c4=O)cc3)CC2)ccc1C. The van der Waals surface area contributed by atoms with E-state index < -0.39 is 0 Å². The van der Waals surface area contributed by atoms with Crippen LogP contribution in [0.2, 0.25) is 0 Å². The highest BCUT2D eigenvalue weighted by molar-refractivity contribution is 5.91. The number of esters is 1. The van der Waals surface area contributed by atoms with Crippen LogP contribution >= 0.6 is 0 Å². The number of nitrogens with zero attached hydrogens (tertiary/aromatic N) is 4. The summed E-state index contributed by atoms with van der Waals surface area (Å²) in [5.74, 6) is -0.487. The van der Waals surface area contributed by atoms with Crippen LogP contribution in [-0.4, -0.2) is 45.9 Å². The fraction of sp³-hybridized carbons (Fsp3) is 0.300. The van der Waals surface area contributed by atoms with Crippen molar-refractivity contribution >= 4 is 17.6 Å². The van der Waals surface area contributed by atoms with Crippen molar-refractivity contribution in [1.82, 2.24) is 19.7 Å². The summed E-state index contributed by atoms with van der Waals surface area (Å²) in [6.07, 6.45) is 3.29. The van der Waals surface area contributed by atoms with Crippen LogP contribution in [0.25, 0.3) is 5.69 Å². The number of anilines is 1. The zero-order chi connectivity index (χ0) is 34.3. The second kappa shape index (κ2) is 15.2. The molecule has 1 aliphatic heterocycles. The van der Waals surface area contributed by atoms with E-state index >= 15 is 0 Å². The van der Waals surface area contributed by atoms with E-state index in [1.807, 2.05) is 117 Å². The van der Waals surface area contributed by atoms with Gasteiger partial charge in [-0.15, -0.1) is 0 Å². The normalized spacial score (nSPS) is 14.6. The average molecular weight is 658 g/mol. The Labute approximate surface area is 287 Å². The Balaban J connectivity index is 1.11. The van der Waals surface area contributed by atoms with Gasteiger partial charge in [-0.05, 0) is 92.1 Å². The van der Waals surface area contributed by atoms with Crippen LogP contribution in [0.3, 0.4) is 0 Å². The molecule has 252 valence electrons. The molecular formula is C40H43N5O4. The van der Waals surface area contributed by atoms with Crippen LogP contribution < -0.4 is 15.9 Å². The van der Waals surface area contributed by atoms with Crippen LogP contribution in [0, 0.1) is 12.8 Å². The Hall–Kier alpha value is -5.44. The van der Waals surface area contributed by atoms with E-state index in [-0.39, 0.29) is 35.4 Å². The maximum atomic E-state index is 13.8. The third-order valence-electron chi connectivity index (χ3n) is 9.55. The van der Waals surface area contributed by atoms with Crippen molar-refractivity contribution in [3.63, 3.8) is 0 Å². The summed E-state index contributed by atoms with van der Waals surface area (Å²) in [6, 6.07) is 33.4. The van der Waals surface area contributed by atoms with Gasteiger partial charge in [-0.3, -0.25) is 4.79 Å². The first-order chi connectivity index (χ1) is 23.8. The van der Waals surface area contributed by atoms with Crippen molar-refractivity contribution in [3.05, 3.63) is 148 Å². The Kier molecular flexibility index (Phi) is 10.4. The molecule has 0 radical (unpaired) electrons. The quantitative estimate of drug-likeness (QED) is 0.164. The van der Waals surface area contributed by atoms with Gasteiger partial charge < -0.3 is 15.0 Å². The molecule has 0 spiro atoms. The molecule has 1 fully saturated rings. The highest BCUT2D eigenvalue weighted by Crippen LogP contribution is 2.35. The Morgan fingerprint density at radius 1 is 0.878 bits per heavy atom. The fourth-order valence-corrected chi connectivity index (χ4v) is 6.75. The van der Waals surface area contributed by atoms with Gasteiger partial charge in [0.25, 0.3) is 0 Å². The topological polar surface area (TPSA) is 98.5 Å². The first kappa shape index (κ1) is 33.5.